The van der Waals surface area contributed by atoms with Crippen LogP contribution in [0.25, 0.3) is 0 Å². The van der Waals surface area contributed by atoms with Gasteiger partial charge < -0.3 is 4.74 Å². The number of rotatable bonds is 3. The van der Waals surface area contributed by atoms with E-state index >= 15 is 0 Å². The summed E-state index contributed by atoms with van der Waals surface area (Å²) in [7, 11) is 1.55. The number of hydrogen-bond donors (Lipinski definition) is 0. The van der Waals surface area contributed by atoms with Gasteiger partial charge in [-0.25, -0.2) is 0 Å². The van der Waals surface area contributed by atoms with Gasteiger partial charge in [0.25, 0.3) is 0 Å². The minimum absolute atomic E-state index is 0.127. The molecule has 0 fully saturated rings. The molecule has 80 valence electrons. The largest absolute Gasteiger partial charge is 0.496 e. The van der Waals surface area contributed by atoms with E-state index in [0.717, 1.165) is 0 Å². The molecule has 0 atom stereocenters. The number of nitrogens with zero attached hydrogens (tertiary/aromatic N) is 1. The molecular weight excluding hydrogens is 202 g/mol. The third-order valence-corrected chi connectivity index (χ3v) is 2.25. The maximum Gasteiger partial charge on any atom is 0.215 e. The summed E-state index contributed by atoms with van der Waals surface area (Å²) in [5.74, 6) is 0.441. The fourth-order valence-corrected chi connectivity index (χ4v) is 1.47. The van der Waals surface area contributed by atoms with E-state index in [1.165, 1.54) is 0 Å². The Labute approximate surface area is 93.7 Å². The number of methoxy groups -OCH3 is 1. The number of ketones is 1. The molecule has 1 heterocycles. The SMILES string of the molecule is COc1ccccc1C(=O)c1ccccn1. The number of pyridine rings is 1. The quantitative estimate of drug-likeness (QED) is 0.734. The molecule has 2 aromatic rings. The standard InChI is InChI=1S/C13H11NO2/c1-16-12-8-3-2-6-10(12)13(15)11-7-4-5-9-14-11/h2-9H,1H3. The van der Waals surface area contributed by atoms with Crippen LogP contribution in [0.1, 0.15) is 16.1 Å². The first-order valence-corrected chi connectivity index (χ1v) is 4.91. The van der Waals surface area contributed by atoms with Crippen molar-refractivity contribution >= 4 is 5.78 Å². The predicted octanol–water partition coefficient (Wildman–Crippen LogP) is 2.32. The van der Waals surface area contributed by atoms with Crippen LogP contribution in [0, 0.1) is 0 Å². The van der Waals surface area contributed by atoms with E-state index in [4.69, 9.17) is 4.74 Å². The molecule has 3 heteroatoms. The molecule has 0 spiro atoms. The predicted molar refractivity (Wildman–Crippen MR) is 60.7 cm³/mol. The van der Waals surface area contributed by atoms with Gasteiger partial charge in [0.1, 0.15) is 11.4 Å². The summed E-state index contributed by atoms with van der Waals surface area (Å²) in [6.07, 6.45) is 1.60. The van der Waals surface area contributed by atoms with Crippen LogP contribution < -0.4 is 4.74 Å². The lowest BCUT2D eigenvalue weighted by atomic mass is 10.1. The van der Waals surface area contributed by atoms with Gasteiger partial charge in [0.2, 0.25) is 5.78 Å². The Morgan fingerprint density at radius 2 is 1.88 bits per heavy atom. The van der Waals surface area contributed by atoms with Crippen LogP contribution in [0.2, 0.25) is 0 Å². The molecule has 0 N–H and O–H groups in total. The van der Waals surface area contributed by atoms with E-state index in [0.29, 0.717) is 17.0 Å². The average Bonchev–Trinajstić information content (AvgIpc) is 2.39. The molecule has 1 aromatic carbocycles. The summed E-state index contributed by atoms with van der Waals surface area (Å²) in [6, 6.07) is 12.4. The zero-order valence-electron chi connectivity index (χ0n) is 8.88. The van der Waals surface area contributed by atoms with Gasteiger partial charge in [-0.3, -0.25) is 9.78 Å². The highest BCUT2D eigenvalue weighted by Crippen LogP contribution is 2.19. The van der Waals surface area contributed by atoms with Gasteiger partial charge in [-0.05, 0) is 24.3 Å². The maximum absolute atomic E-state index is 12.1. The van der Waals surface area contributed by atoms with Crippen molar-refractivity contribution in [1.82, 2.24) is 4.98 Å². The summed E-state index contributed by atoms with van der Waals surface area (Å²) in [6.45, 7) is 0. The van der Waals surface area contributed by atoms with Crippen molar-refractivity contribution in [2.75, 3.05) is 7.11 Å². The summed E-state index contributed by atoms with van der Waals surface area (Å²) >= 11 is 0. The highest BCUT2D eigenvalue weighted by atomic mass is 16.5. The van der Waals surface area contributed by atoms with E-state index in [9.17, 15) is 4.79 Å². The first-order valence-electron chi connectivity index (χ1n) is 4.91. The fourth-order valence-electron chi connectivity index (χ4n) is 1.47. The van der Waals surface area contributed by atoms with Crippen LogP contribution >= 0.6 is 0 Å². The molecule has 3 nitrogen and oxygen atoms in total. The second-order valence-electron chi connectivity index (χ2n) is 3.24. The highest BCUT2D eigenvalue weighted by Gasteiger charge is 2.14. The van der Waals surface area contributed by atoms with Crippen LogP contribution in [0.3, 0.4) is 0 Å². The Bertz CT molecular complexity index is 494. The number of aromatic nitrogens is 1. The molecule has 0 saturated heterocycles. The Morgan fingerprint density at radius 1 is 1.12 bits per heavy atom. The Kier molecular flexibility index (Phi) is 2.96. The van der Waals surface area contributed by atoms with Crippen LogP contribution in [0.15, 0.2) is 48.7 Å². The average molecular weight is 213 g/mol. The molecular formula is C13H11NO2. The minimum Gasteiger partial charge on any atom is -0.496 e. The number of para-hydroxylation sites is 1. The molecule has 0 aliphatic carbocycles. The molecule has 16 heavy (non-hydrogen) atoms. The second-order valence-corrected chi connectivity index (χ2v) is 3.24. The van der Waals surface area contributed by atoms with Gasteiger partial charge in [0, 0.05) is 6.20 Å². The van der Waals surface area contributed by atoms with Crippen molar-refractivity contribution in [2.45, 2.75) is 0 Å². The van der Waals surface area contributed by atoms with Crippen molar-refractivity contribution in [2.24, 2.45) is 0 Å². The Balaban J connectivity index is 2.42. The normalized spacial score (nSPS) is 9.81. The Hall–Kier alpha value is -2.16. The molecule has 0 amide bonds. The summed E-state index contributed by atoms with van der Waals surface area (Å²) in [5, 5.41) is 0. The van der Waals surface area contributed by atoms with Crippen molar-refractivity contribution in [1.29, 1.82) is 0 Å². The van der Waals surface area contributed by atoms with E-state index in [-0.39, 0.29) is 5.78 Å². The van der Waals surface area contributed by atoms with Gasteiger partial charge in [-0.1, -0.05) is 18.2 Å². The first kappa shape index (κ1) is 10.4. The molecule has 1 aromatic heterocycles. The van der Waals surface area contributed by atoms with Crippen LogP contribution in [0.4, 0.5) is 0 Å². The van der Waals surface area contributed by atoms with Crippen molar-refractivity contribution < 1.29 is 9.53 Å². The zero-order valence-corrected chi connectivity index (χ0v) is 8.88. The number of carbonyl (C=O) groups excluding carboxylic acids is 1. The number of hydrogen-bond acceptors (Lipinski definition) is 3. The smallest absolute Gasteiger partial charge is 0.215 e. The van der Waals surface area contributed by atoms with Gasteiger partial charge >= 0.3 is 0 Å². The van der Waals surface area contributed by atoms with Gasteiger partial charge in [0.15, 0.2) is 0 Å². The fraction of sp³-hybridized carbons (Fsp3) is 0.0769. The molecule has 0 bridgehead atoms. The van der Waals surface area contributed by atoms with Crippen LogP contribution in [-0.2, 0) is 0 Å². The molecule has 0 radical (unpaired) electrons. The highest BCUT2D eigenvalue weighted by molar-refractivity contribution is 6.09. The van der Waals surface area contributed by atoms with E-state index in [1.54, 1.807) is 49.7 Å². The first-order chi connectivity index (χ1) is 7.83. The van der Waals surface area contributed by atoms with Crippen LogP contribution in [0.5, 0.6) is 5.75 Å². The van der Waals surface area contributed by atoms with E-state index in [2.05, 4.69) is 4.98 Å². The summed E-state index contributed by atoms with van der Waals surface area (Å²) in [4.78, 5) is 16.1. The molecule has 0 saturated carbocycles. The number of ether oxygens (including phenoxy) is 1. The molecule has 0 aliphatic heterocycles. The third kappa shape index (κ3) is 1.93. The lowest BCUT2D eigenvalue weighted by molar-refractivity contribution is 0.103. The number of benzene rings is 1. The van der Waals surface area contributed by atoms with Crippen molar-refractivity contribution in [3.63, 3.8) is 0 Å². The van der Waals surface area contributed by atoms with Crippen molar-refractivity contribution in [3.8, 4) is 5.75 Å². The van der Waals surface area contributed by atoms with E-state index in [1.807, 2.05) is 6.07 Å². The maximum atomic E-state index is 12.1. The summed E-state index contributed by atoms with van der Waals surface area (Å²) in [5.41, 5.74) is 0.954. The second kappa shape index (κ2) is 4.57. The topological polar surface area (TPSA) is 39.2 Å². The lowest BCUT2D eigenvalue weighted by Crippen LogP contribution is -2.05. The summed E-state index contributed by atoms with van der Waals surface area (Å²) < 4.78 is 5.14. The third-order valence-electron chi connectivity index (χ3n) is 2.25. The molecule has 0 unspecified atom stereocenters. The van der Waals surface area contributed by atoms with Crippen LogP contribution in [-0.4, -0.2) is 17.9 Å². The number of carbonyl (C=O) groups is 1. The molecule has 2 rings (SSSR count). The van der Waals surface area contributed by atoms with Crippen molar-refractivity contribution in [3.05, 3.63) is 59.9 Å². The zero-order chi connectivity index (χ0) is 11.4. The molecule has 0 aliphatic rings. The van der Waals surface area contributed by atoms with E-state index < -0.39 is 0 Å². The monoisotopic (exact) mass is 213 g/mol. The Morgan fingerprint density at radius 3 is 2.56 bits per heavy atom. The minimum atomic E-state index is -0.127. The van der Waals surface area contributed by atoms with Gasteiger partial charge in [0.05, 0.1) is 12.7 Å². The van der Waals surface area contributed by atoms with Gasteiger partial charge in [-0.15, -0.1) is 0 Å². The lowest BCUT2D eigenvalue weighted by Gasteiger charge is -2.06. The van der Waals surface area contributed by atoms with Gasteiger partial charge in [-0.2, -0.15) is 0 Å².